The molecule has 1 unspecified atom stereocenters. The monoisotopic (exact) mass is 262 g/mol. The van der Waals surface area contributed by atoms with E-state index in [9.17, 15) is 4.79 Å². The lowest BCUT2D eigenvalue weighted by atomic mass is 9.92. The first-order valence-corrected chi connectivity index (χ1v) is 6.87. The summed E-state index contributed by atoms with van der Waals surface area (Å²) in [4.78, 5) is 12.5. The highest BCUT2D eigenvalue weighted by Gasteiger charge is 2.29. The van der Waals surface area contributed by atoms with Crippen LogP contribution in [0.4, 0.5) is 4.79 Å². The number of hydrogen-bond acceptors (Lipinski definition) is 2. The molecule has 2 N–H and O–H groups in total. The summed E-state index contributed by atoms with van der Waals surface area (Å²) in [5.41, 5.74) is 1.27. The molecule has 19 heavy (non-hydrogen) atoms. The fourth-order valence-corrected chi connectivity index (χ4v) is 2.73. The van der Waals surface area contributed by atoms with Crippen LogP contribution in [0.2, 0.25) is 0 Å². The number of amides is 1. The molecule has 4 nitrogen and oxygen atoms in total. The maximum absolute atomic E-state index is 11.0. The Morgan fingerprint density at radius 1 is 1.42 bits per heavy atom. The molecule has 1 heterocycles. The fraction of sp³-hybridized carbons (Fsp3) is 0.533. The molecule has 0 aliphatic carbocycles. The quantitative estimate of drug-likeness (QED) is 0.880. The smallest absolute Gasteiger partial charge is 0.407 e. The van der Waals surface area contributed by atoms with Gasteiger partial charge in [-0.25, -0.2) is 4.79 Å². The number of hydrogen-bond donors (Lipinski definition) is 2. The van der Waals surface area contributed by atoms with Gasteiger partial charge in [0, 0.05) is 25.2 Å². The molecule has 0 radical (unpaired) electrons. The Morgan fingerprint density at radius 3 is 2.68 bits per heavy atom. The molecule has 1 amide bonds. The Hall–Kier alpha value is -1.55. The molecule has 1 aromatic rings. The second kappa shape index (κ2) is 6.06. The second-order valence-corrected chi connectivity index (χ2v) is 5.40. The number of nitrogens with zero attached hydrogens (tertiary/aromatic N) is 1. The lowest BCUT2D eigenvalue weighted by Gasteiger charge is -2.37. The van der Waals surface area contributed by atoms with Crippen molar-refractivity contribution in [3.63, 3.8) is 0 Å². The van der Waals surface area contributed by atoms with Gasteiger partial charge in [0.25, 0.3) is 0 Å². The SMILES string of the molecule is CC(N[C@@H]1CCN(C(=O)O)C[C@@H]1C)c1ccccc1. The van der Waals surface area contributed by atoms with Gasteiger partial charge < -0.3 is 15.3 Å². The van der Waals surface area contributed by atoms with Gasteiger partial charge in [-0.15, -0.1) is 0 Å². The minimum Gasteiger partial charge on any atom is -0.465 e. The number of rotatable bonds is 3. The van der Waals surface area contributed by atoms with E-state index in [-0.39, 0.29) is 0 Å². The molecule has 1 aromatic carbocycles. The number of carbonyl (C=O) groups is 1. The molecule has 1 aliphatic heterocycles. The van der Waals surface area contributed by atoms with Gasteiger partial charge in [0.15, 0.2) is 0 Å². The lowest BCUT2D eigenvalue weighted by molar-refractivity contribution is 0.108. The Labute approximate surface area is 114 Å². The molecule has 3 atom stereocenters. The standard InChI is InChI=1S/C15H22N2O2/c1-11-10-17(15(18)19)9-8-14(11)16-12(2)13-6-4-3-5-7-13/h3-7,11-12,14,16H,8-10H2,1-2H3,(H,18,19)/t11-,12?,14+/m0/s1. The first-order valence-electron chi connectivity index (χ1n) is 6.87. The average molecular weight is 262 g/mol. The van der Waals surface area contributed by atoms with Gasteiger partial charge in [0.1, 0.15) is 0 Å². The van der Waals surface area contributed by atoms with E-state index in [4.69, 9.17) is 5.11 Å². The third kappa shape index (κ3) is 3.47. The van der Waals surface area contributed by atoms with Crippen LogP contribution < -0.4 is 5.32 Å². The van der Waals surface area contributed by atoms with Crippen molar-refractivity contribution in [3.05, 3.63) is 35.9 Å². The Balaban J connectivity index is 1.92. The number of likely N-dealkylation sites (tertiary alicyclic amines) is 1. The summed E-state index contributed by atoms with van der Waals surface area (Å²) in [5.74, 6) is 0.344. The third-order valence-corrected chi connectivity index (χ3v) is 3.94. The van der Waals surface area contributed by atoms with E-state index in [1.807, 2.05) is 18.2 Å². The number of carboxylic acid groups (broad SMARTS) is 1. The van der Waals surface area contributed by atoms with Crippen LogP contribution in [0.5, 0.6) is 0 Å². The topological polar surface area (TPSA) is 52.6 Å². The first kappa shape index (κ1) is 13.9. The van der Waals surface area contributed by atoms with Crippen molar-refractivity contribution in [2.45, 2.75) is 32.4 Å². The second-order valence-electron chi connectivity index (χ2n) is 5.40. The summed E-state index contributed by atoms with van der Waals surface area (Å²) < 4.78 is 0. The van der Waals surface area contributed by atoms with Gasteiger partial charge in [-0.3, -0.25) is 0 Å². The fourth-order valence-electron chi connectivity index (χ4n) is 2.73. The van der Waals surface area contributed by atoms with E-state index in [0.29, 0.717) is 31.1 Å². The van der Waals surface area contributed by atoms with E-state index in [1.165, 1.54) is 10.5 Å². The van der Waals surface area contributed by atoms with Crippen LogP contribution in [0.1, 0.15) is 31.9 Å². The number of benzene rings is 1. The first-order chi connectivity index (χ1) is 9.08. The van der Waals surface area contributed by atoms with Gasteiger partial charge in [-0.1, -0.05) is 37.3 Å². The van der Waals surface area contributed by atoms with Gasteiger partial charge in [-0.2, -0.15) is 0 Å². The Bertz CT molecular complexity index is 421. The molecule has 0 spiro atoms. The average Bonchev–Trinajstić information content (AvgIpc) is 2.41. The molecule has 4 heteroatoms. The molecule has 0 saturated carbocycles. The van der Waals surface area contributed by atoms with Crippen LogP contribution in [0.15, 0.2) is 30.3 Å². The Kier molecular flexibility index (Phi) is 4.43. The van der Waals surface area contributed by atoms with Gasteiger partial charge >= 0.3 is 6.09 Å². The van der Waals surface area contributed by atoms with Gasteiger partial charge in [0.2, 0.25) is 0 Å². The van der Waals surface area contributed by atoms with E-state index >= 15 is 0 Å². The molecule has 0 bridgehead atoms. The normalized spacial score (nSPS) is 25.1. The summed E-state index contributed by atoms with van der Waals surface area (Å²) >= 11 is 0. The number of piperidine rings is 1. The lowest BCUT2D eigenvalue weighted by Crippen LogP contribution is -2.50. The molecule has 0 aromatic heterocycles. The van der Waals surface area contributed by atoms with Crippen LogP contribution in [0.25, 0.3) is 0 Å². The van der Waals surface area contributed by atoms with Crippen molar-refractivity contribution < 1.29 is 9.90 Å². The zero-order valence-corrected chi connectivity index (χ0v) is 11.5. The molecular weight excluding hydrogens is 240 g/mol. The molecular formula is C15H22N2O2. The zero-order chi connectivity index (χ0) is 13.8. The highest BCUT2D eigenvalue weighted by molar-refractivity contribution is 5.65. The van der Waals surface area contributed by atoms with Crippen molar-refractivity contribution in [3.8, 4) is 0 Å². The predicted octanol–water partition coefficient (Wildman–Crippen LogP) is 2.73. The van der Waals surface area contributed by atoms with Crippen molar-refractivity contribution >= 4 is 6.09 Å². The minimum atomic E-state index is -0.804. The summed E-state index contributed by atoms with van der Waals surface area (Å²) in [6, 6.07) is 11.0. The molecule has 1 saturated heterocycles. The van der Waals surface area contributed by atoms with Crippen molar-refractivity contribution in [1.82, 2.24) is 10.2 Å². The number of nitrogens with one attached hydrogen (secondary N) is 1. The zero-order valence-electron chi connectivity index (χ0n) is 11.5. The highest BCUT2D eigenvalue weighted by Crippen LogP contribution is 2.21. The molecule has 2 rings (SSSR count). The van der Waals surface area contributed by atoms with E-state index in [2.05, 4.69) is 31.3 Å². The van der Waals surface area contributed by atoms with Crippen molar-refractivity contribution in [2.75, 3.05) is 13.1 Å². The summed E-state index contributed by atoms with van der Waals surface area (Å²) in [7, 11) is 0. The van der Waals surface area contributed by atoms with Crippen LogP contribution >= 0.6 is 0 Å². The van der Waals surface area contributed by atoms with Gasteiger partial charge in [0.05, 0.1) is 0 Å². The molecule has 1 fully saturated rings. The summed E-state index contributed by atoms with van der Waals surface area (Å²) in [6.07, 6.45) is 0.0754. The third-order valence-electron chi connectivity index (χ3n) is 3.94. The van der Waals surface area contributed by atoms with Crippen LogP contribution in [-0.4, -0.2) is 35.2 Å². The summed E-state index contributed by atoms with van der Waals surface area (Å²) in [5, 5.41) is 12.6. The van der Waals surface area contributed by atoms with Crippen molar-refractivity contribution in [2.24, 2.45) is 5.92 Å². The summed E-state index contributed by atoms with van der Waals surface area (Å²) in [6.45, 7) is 5.52. The van der Waals surface area contributed by atoms with E-state index in [1.54, 1.807) is 0 Å². The van der Waals surface area contributed by atoms with Crippen molar-refractivity contribution in [1.29, 1.82) is 0 Å². The maximum atomic E-state index is 11.0. The maximum Gasteiger partial charge on any atom is 0.407 e. The largest absolute Gasteiger partial charge is 0.465 e. The van der Waals surface area contributed by atoms with E-state index < -0.39 is 6.09 Å². The van der Waals surface area contributed by atoms with Crippen LogP contribution in [0.3, 0.4) is 0 Å². The molecule has 1 aliphatic rings. The van der Waals surface area contributed by atoms with Crippen LogP contribution in [-0.2, 0) is 0 Å². The van der Waals surface area contributed by atoms with Gasteiger partial charge in [-0.05, 0) is 24.8 Å². The Morgan fingerprint density at radius 2 is 2.11 bits per heavy atom. The van der Waals surface area contributed by atoms with E-state index in [0.717, 1.165) is 6.42 Å². The predicted molar refractivity (Wildman–Crippen MR) is 75.2 cm³/mol. The minimum absolute atomic E-state index is 0.296. The van der Waals surface area contributed by atoms with Crippen LogP contribution in [0, 0.1) is 5.92 Å². The highest BCUT2D eigenvalue weighted by atomic mass is 16.4. The molecule has 104 valence electrons.